The third-order valence-electron chi connectivity index (χ3n) is 3.05. The van der Waals surface area contributed by atoms with Crippen LogP contribution in [-0.4, -0.2) is 17.5 Å². The summed E-state index contributed by atoms with van der Waals surface area (Å²) in [4.78, 5) is 22.9. The lowest BCUT2D eigenvalue weighted by Gasteiger charge is -2.05. The lowest BCUT2D eigenvalue weighted by atomic mass is 10.1. The Morgan fingerprint density at radius 1 is 0.913 bits per heavy atom. The Labute approximate surface area is 139 Å². The van der Waals surface area contributed by atoms with E-state index in [1.54, 1.807) is 43.3 Å². The van der Waals surface area contributed by atoms with Crippen molar-refractivity contribution in [2.24, 2.45) is 5.10 Å². The van der Waals surface area contributed by atoms with Crippen molar-refractivity contribution < 1.29 is 9.59 Å². The van der Waals surface area contributed by atoms with Crippen molar-refractivity contribution >= 4 is 34.8 Å². The van der Waals surface area contributed by atoms with Gasteiger partial charge in [-0.1, -0.05) is 23.7 Å². The molecule has 2 N–H and O–H groups in total. The molecule has 0 fully saturated rings. The maximum absolute atomic E-state index is 12.0. The maximum Gasteiger partial charge on any atom is 0.271 e. The second-order valence-corrected chi connectivity index (χ2v) is 5.34. The summed E-state index contributed by atoms with van der Waals surface area (Å²) in [6.07, 6.45) is 0. The van der Waals surface area contributed by atoms with Crippen molar-refractivity contribution in [2.75, 3.05) is 5.32 Å². The molecule has 23 heavy (non-hydrogen) atoms. The van der Waals surface area contributed by atoms with Crippen molar-refractivity contribution in [3.63, 3.8) is 0 Å². The first kappa shape index (κ1) is 16.7. The number of carbonyl (C=O) groups is 2. The monoisotopic (exact) mass is 329 g/mol. The molecule has 2 amide bonds. The summed E-state index contributed by atoms with van der Waals surface area (Å²) in [6.45, 7) is 3.24. The highest BCUT2D eigenvalue weighted by Crippen LogP contribution is 2.11. The highest BCUT2D eigenvalue weighted by Gasteiger charge is 2.05. The fourth-order valence-electron chi connectivity index (χ4n) is 1.86. The number of hydrogen-bond donors (Lipinski definition) is 2. The number of nitrogens with one attached hydrogen (secondary N) is 2. The molecule has 2 rings (SSSR count). The molecule has 2 aromatic rings. The van der Waals surface area contributed by atoms with Gasteiger partial charge in [0.05, 0.1) is 5.71 Å². The predicted octanol–water partition coefficient (Wildman–Crippen LogP) is 3.45. The van der Waals surface area contributed by atoms with E-state index in [1.165, 1.54) is 6.92 Å². The minimum atomic E-state index is -0.309. The average Bonchev–Trinajstić information content (AvgIpc) is 2.53. The molecular weight excluding hydrogens is 314 g/mol. The van der Waals surface area contributed by atoms with E-state index in [-0.39, 0.29) is 11.8 Å². The van der Waals surface area contributed by atoms with Crippen molar-refractivity contribution in [3.8, 4) is 0 Å². The van der Waals surface area contributed by atoms with Gasteiger partial charge in [-0.05, 0) is 48.9 Å². The first-order chi connectivity index (χ1) is 11.0. The van der Waals surface area contributed by atoms with Crippen LogP contribution in [0, 0.1) is 0 Å². The topological polar surface area (TPSA) is 70.6 Å². The minimum Gasteiger partial charge on any atom is -0.326 e. The number of carbonyl (C=O) groups excluding carboxylic acids is 2. The zero-order valence-electron chi connectivity index (χ0n) is 12.8. The molecule has 0 unspecified atom stereocenters. The summed E-state index contributed by atoms with van der Waals surface area (Å²) in [6, 6.07) is 13.7. The van der Waals surface area contributed by atoms with E-state index in [1.807, 2.05) is 12.1 Å². The van der Waals surface area contributed by atoms with Gasteiger partial charge in [-0.3, -0.25) is 9.59 Å². The first-order valence-electron chi connectivity index (χ1n) is 6.94. The van der Waals surface area contributed by atoms with Crippen molar-refractivity contribution in [3.05, 3.63) is 64.7 Å². The Morgan fingerprint density at radius 2 is 1.48 bits per heavy atom. The van der Waals surface area contributed by atoms with Crippen LogP contribution in [0.15, 0.2) is 53.6 Å². The van der Waals surface area contributed by atoms with Crippen LogP contribution in [0.4, 0.5) is 5.69 Å². The molecular formula is C17H16ClN3O2. The van der Waals surface area contributed by atoms with Crippen LogP contribution in [0.5, 0.6) is 0 Å². The van der Waals surface area contributed by atoms with E-state index < -0.39 is 0 Å². The third-order valence-corrected chi connectivity index (χ3v) is 3.31. The largest absolute Gasteiger partial charge is 0.326 e. The van der Waals surface area contributed by atoms with Gasteiger partial charge in [-0.25, -0.2) is 5.43 Å². The molecule has 0 heterocycles. The summed E-state index contributed by atoms with van der Waals surface area (Å²) in [7, 11) is 0. The highest BCUT2D eigenvalue weighted by molar-refractivity contribution is 6.30. The number of nitrogens with zero attached hydrogens (tertiary/aromatic N) is 1. The second kappa shape index (κ2) is 7.56. The lowest BCUT2D eigenvalue weighted by molar-refractivity contribution is -0.114. The smallest absolute Gasteiger partial charge is 0.271 e. The first-order valence-corrected chi connectivity index (χ1v) is 7.32. The maximum atomic E-state index is 12.0. The number of amides is 2. The second-order valence-electron chi connectivity index (χ2n) is 4.90. The normalized spacial score (nSPS) is 11.0. The van der Waals surface area contributed by atoms with Crippen LogP contribution in [0.1, 0.15) is 29.8 Å². The summed E-state index contributed by atoms with van der Waals surface area (Å²) in [5.74, 6) is -0.436. The van der Waals surface area contributed by atoms with Gasteiger partial charge in [0.15, 0.2) is 0 Å². The summed E-state index contributed by atoms with van der Waals surface area (Å²) >= 11 is 5.78. The van der Waals surface area contributed by atoms with Gasteiger partial charge in [0.25, 0.3) is 5.91 Å². The van der Waals surface area contributed by atoms with Crippen LogP contribution in [0.2, 0.25) is 5.02 Å². The number of anilines is 1. The van der Waals surface area contributed by atoms with Crippen molar-refractivity contribution in [1.82, 2.24) is 5.43 Å². The molecule has 0 aliphatic carbocycles. The number of rotatable bonds is 4. The quantitative estimate of drug-likeness (QED) is 0.666. The van der Waals surface area contributed by atoms with Crippen LogP contribution < -0.4 is 10.7 Å². The van der Waals surface area contributed by atoms with Crippen LogP contribution in [0.25, 0.3) is 0 Å². The van der Waals surface area contributed by atoms with Gasteiger partial charge >= 0.3 is 0 Å². The Balaban J connectivity index is 2.03. The van der Waals surface area contributed by atoms with E-state index in [0.29, 0.717) is 22.0 Å². The van der Waals surface area contributed by atoms with E-state index in [4.69, 9.17) is 11.6 Å². The average molecular weight is 330 g/mol. The Bertz CT molecular complexity index is 737. The van der Waals surface area contributed by atoms with Gasteiger partial charge in [0, 0.05) is 23.2 Å². The van der Waals surface area contributed by atoms with Gasteiger partial charge in [0.1, 0.15) is 0 Å². The summed E-state index contributed by atoms with van der Waals surface area (Å²) < 4.78 is 0. The summed E-state index contributed by atoms with van der Waals surface area (Å²) in [5.41, 5.74) is 5.18. The number of halogens is 1. The zero-order chi connectivity index (χ0) is 16.8. The van der Waals surface area contributed by atoms with Crippen molar-refractivity contribution in [2.45, 2.75) is 13.8 Å². The zero-order valence-corrected chi connectivity index (χ0v) is 13.5. The Kier molecular flexibility index (Phi) is 5.49. The van der Waals surface area contributed by atoms with Gasteiger partial charge in [-0.2, -0.15) is 5.10 Å². The van der Waals surface area contributed by atoms with Gasteiger partial charge < -0.3 is 5.32 Å². The molecule has 0 atom stereocenters. The Morgan fingerprint density at radius 3 is 2.04 bits per heavy atom. The molecule has 0 bridgehead atoms. The fourth-order valence-corrected chi connectivity index (χ4v) is 1.99. The van der Waals surface area contributed by atoms with Crippen molar-refractivity contribution in [1.29, 1.82) is 0 Å². The third kappa shape index (κ3) is 4.93. The predicted molar refractivity (Wildman–Crippen MR) is 91.9 cm³/mol. The van der Waals surface area contributed by atoms with Crippen LogP contribution >= 0.6 is 11.6 Å². The van der Waals surface area contributed by atoms with E-state index in [9.17, 15) is 9.59 Å². The molecule has 5 nitrogen and oxygen atoms in total. The van der Waals surface area contributed by atoms with E-state index in [2.05, 4.69) is 15.8 Å². The van der Waals surface area contributed by atoms with E-state index >= 15 is 0 Å². The molecule has 118 valence electrons. The van der Waals surface area contributed by atoms with Gasteiger partial charge in [0.2, 0.25) is 5.91 Å². The molecule has 0 aromatic heterocycles. The minimum absolute atomic E-state index is 0.127. The molecule has 0 aliphatic rings. The highest BCUT2D eigenvalue weighted by atomic mass is 35.5. The van der Waals surface area contributed by atoms with Crippen LogP contribution in [0.3, 0.4) is 0 Å². The fraction of sp³-hybridized carbons (Fsp3) is 0.118. The number of benzene rings is 2. The van der Waals surface area contributed by atoms with E-state index in [0.717, 1.165) is 5.56 Å². The lowest BCUT2D eigenvalue weighted by Crippen LogP contribution is -2.19. The van der Waals surface area contributed by atoms with Gasteiger partial charge in [-0.15, -0.1) is 0 Å². The molecule has 6 heteroatoms. The molecule has 0 spiro atoms. The Hall–Kier alpha value is -2.66. The molecule has 0 aliphatic heterocycles. The summed E-state index contributed by atoms with van der Waals surface area (Å²) in [5, 5.41) is 7.34. The number of hydrazone groups is 1. The SMILES string of the molecule is CC(=O)Nc1ccc(C(C)=NNC(=O)c2ccc(Cl)cc2)cc1. The molecule has 2 aromatic carbocycles. The molecule has 0 saturated carbocycles. The molecule has 0 radical (unpaired) electrons. The number of hydrogen-bond acceptors (Lipinski definition) is 3. The standard InChI is InChI=1S/C17H16ClN3O2/c1-11(13-5-9-16(10-6-13)19-12(2)22)20-21-17(23)14-3-7-15(18)8-4-14/h3-10H,1-2H3,(H,19,22)(H,21,23). The van der Waals surface area contributed by atoms with Crippen LogP contribution in [-0.2, 0) is 4.79 Å². The molecule has 0 saturated heterocycles.